The maximum Gasteiger partial charge on any atom is 0.401 e. The Bertz CT molecular complexity index is 2170. The Hall–Kier alpha value is -4.68. The molecule has 2 aromatic carbocycles. The number of hydrogen-bond acceptors (Lipinski definition) is 9. The number of rotatable bonds is 23. The topological polar surface area (TPSA) is 109 Å². The smallest absolute Gasteiger partial charge is 0.401 e. The van der Waals surface area contributed by atoms with Gasteiger partial charge in [-0.3, -0.25) is 29.2 Å². The number of aryl methyl sites for hydroxylation is 1. The van der Waals surface area contributed by atoms with Gasteiger partial charge in [-0.25, -0.2) is 0 Å². The number of fused-ring (bicyclic) bond motifs is 2. The zero-order valence-corrected chi connectivity index (χ0v) is 44.0. The van der Waals surface area contributed by atoms with Crippen LogP contribution in [0.5, 0.6) is 5.75 Å². The lowest BCUT2D eigenvalue weighted by Crippen LogP contribution is -2.47. The van der Waals surface area contributed by atoms with Gasteiger partial charge in [-0.1, -0.05) is 78.7 Å². The minimum atomic E-state index is -4.28. The molecule has 12 heteroatoms. The number of carbonyl (C=O) groups is 4. The molecule has 69 heavy (non-hydrogen) atoms. The molecule has 382 valence electrons. The van der Waals surface area contributed by atoms with E-state index in [-0.39, 0.29) is 29.3 Å². The van der Waals surface area contributed by atoms with Crippen molar-refractivity contribution in [3.63, 3.8) is 0 Å². The fourth-order valence-corrected chi connectivity index (χ4v) is 10.5. The van der Waals surface area contributed by atoms with Gasteiger partial charge in [0.25, 0.3) is 0 Å². The average molecular weight is 961 g/mol. The summed E-state index contributed by atoms with van der Waals surface area (Å²) < 4.78 is 45.7. The summed E-state index contributed by atoms with van der Waals surface area (Å²) in [6.45, 7) is 24.1. The molecule has 1 N–H and O–H groups in total. The first kappa shape index (κ1) is 58.6. The van der Waals surface area contributed by atoms with Crippen molar-refractivity contribution in [2.45, 2.75) is 184 Å². The number of ether oxygens (including phenoxy) is 1. The predicted molar refractivity (Wildman–Crippen MR) is 275 cm³/mol. The molecular weight excluding hydrogens is 878 g/mol. The number of Topliss-reactive ketones (excluding diaryl/α,β-unsaturated/α-hetero) is 4. The number of ketones is 4. The number of pyridine rings is 1. The number of nitrogens with one attached hydrogen (secondary N) is 1. The maximum absolute atomic E-state index is 13.3. The lowest BCUT2D eigenvalue weighted by molar-refractivity contribution is -0.155. The lowest BCUT2D eigenvalue weighted by atomic mass is 9.72. The Morgan fingerprint density at radius 3 is 2.09 bits per heavy atom. The minimum absolute atomic E-state index is 0.0453. The lowest BCUT2D eigenvalue weighted by Gasteiger charge is -2.42. The summed E-state index contributed by atoms with van der Waals surface area (Å²) in [5, 5.41) is 3.14. The van der Waals surface area contributed by atoms with Crippen molar-refractivity contribution >= 4 is 34.9 Å². The molecular formula is C57H83F3N4O5. The van der Waals surface area contributed by atoms with Gasteiger partial charge in [-0.2, -0.15) is 13.2 Å². The number of hydrogen-bond donors (Lipinski definition) is 1. The van der Waals surface area contributed by atoms with Crippen LogP contribution < -0.4 is 10.1 Å². The number of anilines is 1. The summed E-state index contributed by atoms with van der Waals surface area (Å²) >= 11 is 0. The van der Waals surface area contributed by atoms with Crippen molar-refractivity contribution < 1.29 is 37.1 Å². The van der Waals surface area contributed by atoms with E-state index in [9.17, 15) is 32.3 Å². The van der Waals surface area contributed by atoms with E-state index in [0.29, 0.717) is 55.7 Å². The highest BCUT2D eigenvalue weighted by Crippen LogP contribution is 2.43. The van der Waals surface area contributed by atoms with Gasteiger partial charge in [0, 0.05) is 79.1 Å². The molecule has 0 amide bonds. The van der Waals surface area contributed by atoms with Gasteiger partial charge in [0.15, 0.2) is 5.78 Å². The molecule has 0 bridgehead atoms. The SMILES string of the molecule is C=Cc1c(NC)ccc2c1C[C@@H](C)N(CC(F)(F)F)C2c1ccc(C)cn1.CC(=O)CCC(C)C(C)=O.CCCC(CCC)(CCC)CCCC(=O)CN1Cc2cc(C(C)=O)c(CC)c(OC)c2C1. The van der Waals surface area contributed by atoms with Crippen molar-refractivity contribution in [1.29, 1.82) is 0 Å². The van der Waals surface area contributed by atoms with Crippen molar-refractivity contribution in [3.05, 3.63) is 93.3 Å². The molecule has 0 radical (unpaired) electrons. The van der Waals surface area contributed by atoms with Crippen LogP contribution in [0.4, 0.5) is 18.9 Å². The Morgan fingerprint density at radius 2 is 1.59 bits per heavy atom. The number of aromatic nitrogens is 1. The van der Waals surface area contributed by atoms with E-state index < -0.39 is 18.8 Å². The van der Waals surface area contributed by atoms with Crippen LogP contribution >= 0.6 is 0 Å². The summed E-state index contributed by atoms with van der Waals surface area (Å²) in [5.74, 6) is 1.62. The van der Waals surface area contributed by atoms with Crippen LogP contribution in [0.25, 0.3) is 6.08 Å². The number of methoxy groups -OCH3 is 1. The molecule has 0 saturated carbocycles. The third-order valence-electron chi connectivity index (χ3n) is 14.0. The second kappa shape index (κ2) is 27.6. The Morgan fingerprint density at radius 1 is 0.942 bits per heavy atom. The van der Waals surface area contributed by atoms with E-state index in [1.54, 1.807) is 40.2 Å². The first-order valence-corrected chi connectivity index (χ1v) is 25.3. The molecule has 0 aliphatic carbocycles. The number of alkyl halides is 3. The molecule has 2 unspecified atom stereocenters. The molecule has 3 heterocycles. The first-order valence-electron chi connectivity index (χ1n) is 25.3. The van der Waals surface area contributed by atoms with Crippen molar-refractivity contribution in [3.8, 4) is 5.75 Å². The zero-order chi connectivity index (χ0) is 51.6. The van der Waals surface area contributed by atoms with Gasteiger partial charge in [0.1, 0.15) is 23.1 Å². The summed E-state index contributed by atoms with van der Waals surface area (Å²) in [6, 6.07) is 8.73. The molecule has 0 spiro atoms. The number of halogens is 3. The quantitative estimate of drug-likeness (QED) is 0.0929. The van der Waals surface area contributed by atoms with Crippen LogP contribution in [0, 0.1) is 18.3 Å². The van der Waals surface area contributed by atoms with Crippen molar-refractivity contribution in [2.24, 2.45) is 11.3 Å². The minimum Gasteiger partial charge on any atom is -0.496 e. The summed E-state index contributed by atoms with van der Waals surface area (Å²) in [4.78, 5) is 54.3. The van der Waals surface area contributed by atoms with Crippen LogP contribution in [0.15, 0.2) is 43.1 Å². The Kier molecular flexibility index (Phi) is 23.5. The largest absolute Gasteiger partial charge is 0.496 e. The van der Waals surface area contributed by atoms with Crippen molar-refractivity contribution in [1.82, 2.24) is 14.8 Å². The van der Waals surface area contributed by atoms with Gasteiger partial charge >= 0.3 is 6.18 Å². The number of nitrogens with zero attached hydrogens (tertiary/aromatic N) is 3. The van der Waals surface area contributed by atoms with Gasteiger partial charge < -0.3 is 14.8 Å². The highest BCUT2D eigenvalue weighted by atomic mass is 19.4. The van der Waals surface area contributed by atoms with E-state index >= 15 is 0 Å². The molecule has 0 saturated heterocycles. The standard InChI is InChI=1S/C28H45NO3.C21H24F3N3.C8H14O2/c1-7-13-28(14-8-2,15-9-3)16-11-12-23(31)19-29-18-22-17-25(21(5)30)24(10-4)27(32-6)26(22)20-29;1-5-15-17-10-14(3)27(12-21(22,23)24)20(16(17)7-9-18(15)25-4)19-8-6-13(2)11-26-19;1-6(8(3)10)4-5-7(2)9/h17H,7-16,18-20H2,1-6H3;5-9,11,14,20,25H,1,10,12H2,2-4H3;6H,4-5H2,1-3H3/t;14-,20?;/m.1./s1. The summed E-state index contributed by atoms with van der Waals surface area (Å²) in [5.41, 5.74) is 9.84. The second-order valence-corrected chi connectivity index (χ2v) is 19.6. The van der Waals surface area contributed by atoms with E-state index in [2.05, 4.69) is 49.5 Å². The summed E-state index contributed by atoms with van der Waals surface area (Å²) in [7, 11) is 3.51. The van der Waals surface area contributed by atoms with Crippen LogP contribution in [-0.2, 0) is 40.3 Å². The van der Waals surface area contributed by atoms with Gasteiger partial charge in [0.2, 0.25) is 0 Å². The molecule has 0 fully saturated rings. The zero-order valence-electron chi connectivity index (χ0n) is 44.0. The predicted octanol–water partition coefficient (Wildman–Crippen LogP) is 13.5. The Balaban J connectivity index is 0.000000308. The second-order valence-electron chi connectivity index (χ2n) is 19.6. The summed E-state index contributed by atoms with van der Waals surface area (Å²) in [6.07, 6.45) is 12.1. The van der Waals surface area contributed by atoms with Gasteiger partial charge in [-0.05, 0) is 132 Å². The van der Waals surface area contributed by atoms with E-state index in [0.717, 1.165) is 75.3 Å². The van der Waals surface area contributed by atoms with Crippen LogP contribution in [-0.4, -0.2) is 77.4 Å². The molecule has 9 nitrogen and oxygen atoms in total. The molecule has 1 aromatic heterocycles. The number of benzene rings is 2. The maximum atomic E-state index is 13.3. The normalized spacial score (nSPS) is 16.2. The fourth-order valence-electron chi connectivity index (χ4n) is 10.5. The Labute approximate surface area is 412 Å². The van der Waals surface area contributed by atoms with E-state index in [1.807, 2.05) is 58.2 Å². The van der Waals surface area contributed by atoms with E-state index in [4.69, 9.17) is 4.74 Å². The van der Waals surface area contributed by atoms with E-state index in [1.165, 1.54) is 49.8 Å². The number of carbonyl (C=O) groups excluding carboxylic acids is 4. The molecule has 3 atom stereocenters. The van der Waals surface area contributed by atoms with Crippen LogP contribution in [0.3, 0.4) is 0 Å². The fraction of sp³-hybridized carbons (Fsp3) is 0.596. The average Bonchev–Trinajstić information content (AvgIpc) is 3.69. The highest BCUT2D eigenvalue weighted by Gasteiger charge is 2.42. The van der Waals surface area contributed by atoms with Gasteiger partial charge in [-0.15, -0.1) is 0 Å². The monoisotopic (exact) mass is 961 g/mol. The first-order chi connectivity index (χ1) is 32.6. The molecule has 2 aliphatic rings. The van der Waals surface area contributed by atoms with Gasteiger partial charge in [0.05, 0.1) is 31.9 Å². The van der Waals surface area contributed by atoms with Crippen LogP contribution in [0.1, 0.15) is 194 Å². The molecule has 2 aliphatic heterocycles. The molecule has 3 aromatic rings. The molecule has 5 rings (SSSR count). The van der Waals surface area contributed by atoms with Crippen LogP contribution in [0.2, 0.25) is 0 Å². The highest BCUT2D eigenvalue weighted by molar-refractivity contribution is 5.97. The van der Waals surface area contributed by atoms with Crippen molar-refractivity contribution in [2.75, 3.05) is 32.6 Å². The third-order valence-corrected chi connectivity index (χ3v) is 14.0. The third kappa shape index (κ3) is 16.7.